The quantitative estimate of drug-likeness (QED) is 0.734. The van der Waals surface area contributed by atoms with Gasteiger partial charge in [-0.3, -0.25) is 0 Å². The largest absolute Gasteiger partial charge is 0.494 e. The maximum absolute atomic E-state index is 13.1. The smallest absolute Gasteiger partial charge is 0.183 e. The summed E-state index contributed by atoms with van der Waals surface area (Å²) < 4.78 is 56.0. The Bertz CT molecular complexity index is 1030. The van der Waals surface area contributed by atoms with Crippen LogP contribution >= 0.6 is 0 Å². The fourth-order valence-electron chi connectivity index (χ4n) is 3.45. The number of hydrogen-bond donors (Lipinski definition) is 1. The van der Waals surface area contributed by atoms with Crippen LogP contribution in [0.4, 0.5) is 0 Å². The fraction of sp³-hybridized carbons (Fsp3) is 0.400. The van der Waals surface area contributed by atoms with Gasteiger partial charge in [0.25, 0.3) is 0 Å². The highest BCUT2D eigenvalue weighted by molar-refractivity contribution is 7.96. The molecule has 28 heavy (non-hydrogen) atoms. The summed E-state index contributed by atoms with van der Waals surface area (Å²) in [7, 11) is -7.23. The molecule has 0 aromatic heterocycles. The summed E-state index contributed by atoms with van der Waals surface area (Å²) in [5.41, 5.74) is 2.08. The van der Waals surface area contributed by atoms with E-state index in [0.29, 0.717) is 18.9 Å². The van der Waals surface area contributed by atoms with Crippen LogP contribution in [-0.2, 0) is 26.2 Å². The standard InChI is InChI=1S/C20H25NO5S2/c1-3-26-17-7-9-18(10-8-17)28(24,25)20-14-27(22,23)13-19(20)21-12-16-6-4-5-15(2)11-16/h4-11,19-21H,3,12-14H2,1-2H3. The Kier molecular flexibility index (Phi) is 6.12. The molecule has 1 fully saturated rings. The van der Waals surface area contributed by atoms with Crippen molar-refractivity contribution in [3.05, 3.63) is 59.7 Å². The van der Waals surface area contributed by atoms with Crippen molar-refractivity contribution in [3.8, 4) is 5.75 Å². The minimum Gasteiger partial charge on any atom is -0.494 e. The van der Waals surface area contributed by atoms with Crippen molar-refractivity contribution in [2.24, 2.45) is 0 Å². The molecule has 6 nitrogen and oxygen atoms in total. The molecule has 0 aliphatic carbocycles. The Labute approximate surface area is 166 Å². The van der Waals surface area contributed by atoms with Crippen LogP contribution in [0.1, 0.15) is 18.1 Å². The molecular weight excluding hydrogens is 398 g/mol. The minimum atomic E-state index is -3.80. The number of sulfone groups is 2. The summed E-state index contributed by atoms with van der Waals surface area (Å²) in [5.74, 6) is 0.0305. The Morgan fingerprint density at radius 1 is 1.11 bits per heavy atom. The third kappa shape index (κ3) is 4.74. The molecule has 0 spiro atoms. The van der Waals surface area contributed by atoms with E-state index in [4.69, 9.17) is 4.74 Å². The molecule has 1 saturated heterocycles. The Morgan fingerprint density at radius 3 is 2.46 bits per heavy atom. The van der Waals surface area contributed by atoms with Crippen LogP contribution in [-0.4, -0.2) is 46.2 Å². The molecule has 2 atom stereocenters. The van der Waals surface area contributed by atoms with Gasteiger partial charge in [0.1, 0.15) is 5.75 Å². The molecule has 3 rings (SSSR count). The van der Waals surface area contributed by atoms with Crippen LogP contribution in [0.15, 0.2) is 53.4 Å². The van der Waals surface area contributed by atoms with Crippen molar-refractivity contribution < 1.29 is 21.6 Å². The van der Waals surface area contributed by atoms with E-state index in [1.807, 2.05) is 38.1 Å². The molecule has 0 amide bonds. The first-order chi connectivity index (χ1) is 13.2. The van der Waals surface area contributed by atoms with Crippen molar-refractivity contribution in [1.29, 1.82) is 0 Å². The SMILES string of the molecule is CCOc1ccc(S(=O)(=O)C2CS(=O)(=O)CC2NCc2cccc(C)c2)cc1. The van der Waals surface area contributed by atoms with E-state index in [2.05, 4.69) is 5.32 Å². The molecule has 1 aliphatic heterocycles. The number of nitrogens with one attached hydrogen (secondary N) is 1. The highest BCUT2D eigenvalue weighted by atomic mass is 32.2. The van der Waals surface area contributed by atoms with E-state index in [9.17, 15) is 16.8 Å². The number of rotatable bonds is 7. The number of hydrogen-bond acceptors (Lipinski definition) is 6. The van der Waals surface area contributed by atoms with Crippen LogP contribution in [0.2, 0.25) is 0 Å². The Morgan fingerprint density at radius 2 is 1.82 bits per heavy atom. The van der Waals surface area contributed by atoms with Crippen molar-refractivity contribution in [1.82, 2.24) is 5.32 Å². The fourth-order valence-corrected chi connectivity index (χ4v) is 8.17. The molecule has 2 unspecified atom stereocenters. The lowest BCUT2D eigenvalue weighted by atomic mass is 10.1. The van der Waals surface area contributed by atoms with Gasteiger partial charge in [0.05, 0.1) is 28.3 Å². The predicted octanol–water partition coefficient (Wildman–Crippen LogP) is 2.12. The van der Waals surface area contributed by atoms with Gasteiger partial charge < -0.3 is 10.1 Å². The minimum absolute atomic E-state index is 0.111. The van der Waals surface area contributed by atoms with Gasteiger partial charge in [0.15, 0.2) is 19.7 Å². The summed E-state index contributed by atoms with van der Waals surface area (Å²) in [6.07, 6.45) is 0. The monoisotopic (exact) mass is 423 g/mol. The lowest BCUT2D eigenvalue weighted by Crippen LogP contribution is -2.43. The first-order valence-corrected chi connectivity index (χ1v) is 12.5. The van der Waals surface area contributed by atoms with Crippen LogP contribution in [0, 0.1) is 6.92 Å². The zero-order chi connectivity index (χ0) is 20.4. The third-order valence-electron chi connectivity index (χ3n) is 4.81. The van der Waals surface area contributed by atoms with Crippen LogP contribution in [0.3, 0.4) is 0 Å². The third-order valence-corrected chi connectivity index (χ3v) is 8.98. The van der Waals surface area contributed by atoms with Gasteiger partial charge in [-0.25, -0.2) is 16.8 Å². The van der Waals surface area contributed by atoms with E-state index >= 15 is 0 Å². The Hall–Kier alpha value is -1.90. The Balaban J connectivity index is 1.82. The predicted molar refractivity (Wildman–Crippen MR) is 109 cm³/mol. The highest BCUT2D eigenvalue weighted by Gasteiger charge is 2.45. The molecule has 2 aromatic carbocycles. The van der Waals surface area contributed by atoms with Gasteiger partial charge in [-0.1, -0.05) is 29.8 Å². The molecule has 1 aliphatic rings. The van der Waals surface area contributed by atoms with Crippen LogP contribution < -0.4 is 10.1 Å². The van der Waals surface area contributed by atoms with Gasteiger partial charge in [-0.05, 0) is 43.7 Å². The molecular formula is C20H25NO5S2. The van der Waals surface area contributed by atoms with Crippen LogP contribution in [0.25, 0.3) is 0 Å². The first kappa shape index (κ1) is 20.8. The average Bonchev–Trinajstić information content (AvgIpc) is 2.96. The van der Waals surface area contributed by atoms with E-state index < -0.39 is 31.0 Å². The first-order valence-electron chi connectivity index (χ1n) is 9.17. The molecule has 0 bridgehead atoms. The topological polar surface area (TPSA) is 89.5 Å². The van der Waals surface area contributed by atoms with Crippen molar-refractivity contribution in [3.63, 3.8) is 0 Å². The number of ether oxygens (including phenoxy) is 1. The van der Waals surface area contributed by atoms with E-state index in [-0.39, 0.29) is 16.4 Å². The molecule has 0 saturated carbocycles. The van der Waals surface area contributed by atoms with Crippen LogP contribution in [0.5, 0.6) is 5.75 Å². The lowest BCUT2D eigenvalue weighted by Gasteiger charge is -2.20. The average molecular weight is 424 g/mol. The number of benzene rings is 2. The maximum atomic E-state index is 13.1. The molecule has 2 aromatic rings. The molecule has 1 heterocycles. The van der Waals surface area contributed by atoms with E-state index in [1.165, 1.54) is 12.1 Å². The zero-order valence-corrected chi connectivity index (χ0v) is 17.6. The van der Waals surface area contributed by atoms with Gasteiger partial charge in [-0.2, -0.15) is 0 Å². The maximum Gasteiger partial charge on any atom is 0.183 e. The van der Waals surface area contributed by atoms with Gasteiger partial charge in [0.2, 0.25) is 0 Å². The molecule has 8 heteroatoms. The van der Waals surface area contributed by atoms with E-state index in [1.54, 1.807) is 12.1 Å². The summed E-state index contributed by atoms with van der Waals surface area (Å²) in [4.78, 5) is 0.111. The van der Waals surface area contributed by atoms with Gasteiger partial charge in [-0.15, -0.1) is 0 Å². The summed E-state index contributed by atoms with van der Waals surface area (Å²) in [6, 6.07) is 13.3. The highest BCUT2D eigenvalue weighted by Crippen LogP contribution is 2.27. The summed E-state index contributed by atoms with van der Waals surface area (Å²) >= 11 is 0. The molecule has 152 valence electrons. The van der Waals surface area contributed by atoms with Crippen molar-refractivity contribution >= 4 is 19.7 Å². The summed E-state index contributed by atoms with van der Waals surface area (Å²) in [6.45, 7) is 4.72. The van der Waals surface area contributed by atoms with E-state index in [0.717, 1.165) is 11.1 Å². The second-order valence-electron chi connectivity index (χ2n) is 7.04. The zero-order valence-electron chi connectivity index (χ0n) is 16.0. The lowest BCUT2D eigenvalue weighted by molar-refractivity contribution is 0.340. The second kappa shape index (κ2) is 8.23. The van der Waals surface area contributed by atoms with Gasteiger partial charge in [0, 0.05) is 12.6 Å². The van der Waals surface area contributed by atoms with Gasteiger partial charge >= 0.3 is 0 Å². The number of aryl methyl sites for hydroxylation is 1. The summed E-state index contributed by atoms with van der Waals surface area (Å²) in [5, 5.41) is 2.14. The molecule has 0 radical (unpaired) electrons. The normalized spacial score (nSPS) is 21.5. The second-order valence-corrected chi connectivity index (χ2v) is 11.4. The van der Waals surface area contributed by atoms with Crippen molar-refractivity contribution in [2.75, 3.05) is 18.1 Å². The molecule has 1 N–H and O–H groups in total. The van der Waals surface area contributed by atoms with Crippen molar-refractivity contribution in [2.45, 2.75) is 36.6 Å².